The first-order valence-electron chi connectivity index (χ1n) is 10.0. The predicted molar refractivity (Wildman–Crippen MR) is 114 cm³/mol. The van der Waals surface area contributed by atoms with Crippen molar-refractivity contribution in [2.45, 2.75) is 19.1 Å². The molecule has 2 aromatic carbocycles. The highest BCUT2D eigenvalue weighted by Gasteiger charge is 2.30. The zero-order chi connectivity index (χ0) is 21.8. The lowest BCUT2D eigenvalue weighted by Crippen LogP contribution is -2.24. The van der Waals surface area contributed by atoms with Crippen LogP contribution >= 0.6 is 0 Å². The van der Waals surface area contributed by atoms with Gasteiger partial charge in [-0.2, -0.15) is 13.2 Å². The Morgan fingerprint density at radius 1 is 0.968 bits per heavy atom. The summed E-state index contributed by atoms with van der Waals surface area (Å²) in [5.41, 5.74) is 4.64. The SMILES string of the molecule is Cn1c2c(c3ccc(-n4ccc(-c5ccc(C(F)(F)F)cc5)cc4=O)cc31)CCNC2. The van der Waals surface area contributed by atoms with E-state index in [1.54, 1.807) is 16.8 Å². The molecule has 2 aromatic heterocycles. The molecule has 1 aliphatic rings. The number of aryl methyl sites for hydroxylation is 1. The molecule has 3 heterocycles. The molecule has 4 nitrogen and oxygen atoms in total. The van der Waals surface area contributed by atoms with E-state index in [0.717, 1.165) is 42.8 Å². The second-order valence-corrected chi connectivity index (χ2v) is 7.81. The van der Waals surface area contributed by atoms with Gasteiger partial charge in [-0.25, -0.2) is 0 Å². The summed E-state index contributed by atoms with van der Waals surface area (Å²) < 4.78 is 42.1. The highest BCUT2D eigenvalue weighted by atomic mass is 19.4. The molecule has 31 heavy (non-hydrogen) atoms. The molecule has 7 heteroatoms. The maximum atomic E-state index is 12.8. The lowest BCUT2D eigenvalue weighted by molar-refractivity contribution is -0.137. The smallest absolute Gasteiger partial charge is 0.346 e. The number of pyridine rings is 1. The fraction of sp³-hybridized carbons (Fsp3) is 0.208. The highest BCUT2D eigenvalue weighted by Crippen LogP contribution is 2.31. The molecule has 0 unspecified atom stereocenters. The molecular weight excluding hydrogens is 403 g/mol. The van der Waals surface area contributed by atoms with Crippen LogP contribution in [0.2, 0.25) is 0 Å². The monoisotopic (exact) mass is 423 g/mol. The Morgan fingerprint density at radius 2 is 1.74 bits per heavy atom. The van der Waals surface area contributed by atoms with Crippen molar-refractivity contribution in [3.63, 3.8) is 0 Å². The van der Waals surface area contributed by atoms with Crippen molar-refractivity contribution in [1.29, 1.82) is 0 Å². The third-order valence-electron chi connectivity index (χ3n) is 6.01. The van der Waals surface area contributed by atoms with Crippen LogP contribution in [0.5, 0.6) is 0 Å². The molecule has 0 saturated carbocycles. The lowest BCUT2D eigenvalue weighted by Gasteiger charge is -2.14. The number of fused-ring (bicyclic) bond motifs is 3. The van der Waals surface area contributed by atoms with Gasteiger partial charge in [0.05, 0.1) is 16.8 Å². The Morgan fingerprint density at radius 3 is 2.45 bits per heavy atom. The van der Waals surface area contributed by atoms with E-state index >= 15 is 0 Å². The van der Waals surface area contributed by atoms with Crippen molar-refractivity contribution in [2.24, 2.45) is 7.05 Å². The number of nitrogens with one attached hydrogen (secondary N) is 1. The van der Waals surface area contributed by atoms with E-state index in [1.807, 2.05) is 19.2 Å². The molecule has 0 spiro atoms. The van der Waals surface area contributed by atoms with Crippen molar-refractivity contribution < 1.29 is 13.2 Å². The molecular formula is C24H20F3N3O. The Kier molecular flexibility index (Phi) is 4.51. The summed E-state index contributed by atoms with van der Waals surface area (Å²) in [7, 11) is 2.04. The molecule has 0 bridgehead atoms. The average molecular weight is 423 g/mol. The van der Waals surface area contributed by atoms with Gasteiger partial charge < -0.3 is 9.88 Å². The zero-order valence-corrected chi connectivity index (χ0v) is 16.8. The minimum Gasteiger partial charge on any atom is -0.346 e. The molecule has 1 N–H and O–H groups in total. The minimum absolute atomic E-state index is 0.239. The third kappa shape index (κ3) is 3.35. The molecule has 0 radical (unpaired) electrons. The van der Waals surface area contributed by atoms with Crippen LogP contribution < -0.4 is 10.9 Å². The van der Waals surface area contributed by atoms with E-state index in [0.29, 0.717) is 11.1 Å². The van der Waals surface area contributed by atoms with Gasteiger partial charge in [-0.05, 0) is 60.0 Å². The van der Waals surface area contributed by atoms with Gasteiger partial charge in [0.1, 0.15) is 0 Å². The molecule has 158 valence electrons. The number of hydrogen-bond acceptors (Lipinski definition) is 2. The predicted octanol–water partition coefficient (Wildman–Crippen LogP) is 4.66. The van der Waals surface area contributed by atoms with Crippen LogP contribution in [0.15, 0.2) is 65.6 Å². The maximum absolute atomic E-state index is 12.8. The Bertz CT molecular complexity index is 1350. The second kappa shape index (κ2) is 7.13. The Labute approximate surface area is 176 Å². The number of hydrogen-bond donors (Lipinski definition) is 1. The minimum atomic E-state index is -4.38. The summed E-state index contributed by atoms with van der Waals surface area (Å²) in [6, 6.07) is 14.0. The van der Waals surface area contributed by atoms with E-state index in [9.17, 15) is 18.0 Å². The summed E-state index contributed by atoms with van der Waals surface area (Å²) in [4.78, 5) is 12.8. The van der Waals surface area contributed by atoms with Crippen molar-refractivity contribution in [3.8, 4) is 16.8 Å². The topological polar surface area (TPSA) is 39.0 Å². The molecule has 0 amide bonds. The average Bonchev–Trinajstić information content (AvgIpc) is 3.05. The van der Waals surface area contributed by atoms with Crippen LogP contribution in [0, 0.1) is 0 Å². The van der Waals surface area contributed by atoms with Gasteiger partial charge in [0.15, 0.2) is 0 Å². The first kappa shape index (κ1) is 19.6. The van der Waals surface area contributed by atoms with Crippen LogP contribution in [-0.4, -0.2) is 15.7 Å². The fourth-order valence-corrected chi connectivity index (χ4v) is 4.35. The third-order valence-corrected chi connectivity index (χ3v) is 6.01. The van der Waals surface area contributed by atoms with Gasteiger partial charge in [0.25, 0.3) is 5.56 Å². The van der Waals surface area contributed by atoms with E-state index in [1.165, 1.54) is 34.8 Å². The summed E-state index contributed by atoms with van der Waals surface area (Å²) >= 11 is 0. The largest absolute Gasteiger partial charge is 0.416 e. The van der Waals surface area contributed by atoms with Crippen molar-refractivity contribution in [1.82, 2.24) is 14.5 Å². The van der Waals surface area contributed by atoms with Crippen LogP contribution in [0.4, 0.5) is 13.2 Å². The second-order valence-electron chi connectivity index (χ2n) is 7.81. The molecule has 0 aliphatic carbocycles. The molecule has 0 fully saturated rings. The zero-order valence-electron chi connectivity index (χ0n) is 16.8. The normalized spacial score (nSPS) is 14.1. The van der Waals surface area contributed by atoms with Gasteiger partial charge in [0, 0.05) is 36.9 Å². The Balaban J connectivity index is 1.52. The Hall–Kier alpha value is -3.32. The molecule has 4 aromatic rings. The van der Waals surface area contributed by atoms with E-state index < -0.39 is 11.7 Å². The first-order chi connectivity index (χ1) is 14.8. The summed E-state index contributed by atoms with van der Waals surface area (Å²) in [6.45, 7) is 1.79. The number of halogens is 3. The van der Waals surface area contributed by atoms with E-state index in [-0.39, 0.29) is 5.56 Å². The molecule has 0 saturated heterocycles. The van der Waals surface area contributed by atoms with Gasteiger partial charge in [0.2, 0.25) is 0 Å². The number of alkyl halides is 3. The van der Waals surface area contributed by atoms with Crippen LogP contribution in [0.3, 0.4) is 0 Å². The molecule has 1 aliphatic heterocycles. The van der Waals surface area contributed by atoms with Gasteiger partial charge >= 0.3 is 6.18 Å². The number of nitrogens with zero attached hydrogens (tertiary/aromatic N) is 2. The number of rotatable bonds is 2. The van der Waals surface area contributed by atoms with Gasteiger partial charge in [-0.15, -0.1) is 0 Å². The van der Waals surface area contributed by atoms with Crippen molar-refractivity contribution in [3.05, 3.63) is 88.0 Å². The van der Waals surface area contributed by atoms with Gasteiger partial charge in [-0.3, -0.25) is 9.36 Å². The molecule has 5 rings (SSSR count). The highest BCUT2D eigenvalue weighted by molar-refractivity contribution is 5.87. The van der Waals surface area contributed by atoms with Gasteiger partial charge in [-0.1, -0.05) is 18.2 Å². The lowest BCUT2D eigenvalue weighted by atomic mass is 10.0. The summed E-state index contributed by atoms with van der Waals surface area (Å²) in [6.07, 6.45) is -1.73. The van der Waals surface area contributed by atoms with E-state index in [4.69, 9.17) is 0 Å². The van der Waals surface area contributed by atoms with Crippen LogP contribution in [0.1, 0.15) is 16.8 Å². The number of benzene rings is 2. The quantitative estimate of drug-likeness (QED) is 0.509. The fourth-order valence-electron chi connectivity index (χ4n) is 4.35. The van der Waals surface area contributed by atoms with Crippen molar-refractivity contribution >= 4 is 10.9 Å². The maximum Gasteiger partial charge on any atom is 0.416 e. The van der Waals surface area contributed by atoms with Crippen LogP contribution in [-0.2, 0) is 26.2 Å². The standard InChI is InChI=1S/C24H20F3N3O/c1-29-21-13-18(6-7-19(21)20-8-10-28-14-22(20)29)30-11-9-16(12-23(30)31)15-2-4-17(5-3-15)24(25,26)27/h2-7,9,11-13,28H,8,10,14H2,1H3. The number of aromatic nitrogens is 2. The van der Waals surface area contributed by atoms with Crippen LogP contribution in [0.25, 0.3) is 27.7 Å². The first-order valence-corrected chi connectivity index (χ1v) is 10.0. The van der Waals surface area contributed by atoms with Crippen molar-refractivity contribution in [2.75, 3.05) is 6.54 Å². The summed E-state index contributed by atoms with van der Waals surface area (Å²) in [5.74, 6) is 0. The summed E-state index contributed by atoms with van der Waals surface area (Å²) in [5, 5.41) is 4.60. The van der Waals surface area contributed by atoms with E-state index in [2.05, 4.69) is 16.0 Å². The molecule has 0 atom stereocenters.